The highest BCUT2D eigenvalue weighted by Gasteiger charge is 2.23. The van der Waals surface area contributed by atoms with E-state index in [4.69, 9.17) is 9.47 Å². The summed E-state index contributed by atoms with van der Waals surface area (Å²) in [5.41, 5.74) is 1.33. The summed E-state index contributed by atoms with van der Waals surface area (Å²) in [4.78, 5) is 0. The molecule has 3 nitrogen and oxygen atoms in total. The Morgan fingerprint density at radius 2 is 2.20 bits per heavy atom. The van der Waals surface area contributed by atoms with Gasteiger partial charge in [0, 0.05) is 19.8 Å². The third-order valence-electron chi connectivity index (χ3n) is 3.57. The molecule has 0 radical (unpaired) electrons. The van der Waals surface area contributed by atoms with E-state index in [0.717, 1.165) is 38.2 Å². The molecule has 0 amide bonds. The van der Waals surface area contributed by atoms with Crippen molar-refractivity contribution in [1.82, 2.24) is 5.32 Å². The lowest BCUT2D eigenvalue weighted by molar-refractivity contribution is 0.188. The Kier molecular flexibility index (Phi) is 6.34. The standard InChI is InChI=1S/C17H27NO2/c1-3-11-18-17(8-5-12-19-2)14-6-4-7-16(13-14)20-15-9-10-15/h4,6-7,13,15,17-18H,3,5,8-12H2,1-2H3. The van der Waals surface area contributed by atoms with Gasteiger partial charge in [-0.15, -0.1) is 0 Å². The van der Waals surface area contributed by atoms with Gasteiger partial charge < -0.3 is 14.8 Å². The van der Waals surface area contributed by atoms with Gasteiger partial charge >= 0.3 is 0 Å². The van der Waals surface area contributed by atoms with Crippen LogP contribution in [0.2, 0.25) is 0 Å². The van der Waals surface area contributed by atoms with E-state index in [0.29, 0.717) is 12.1 Å². The summed E-state index contributed by atoms with van der Waals surface area (Å²) in [6.45, 7) is 4.07. The zero-order valence-corrected chi connectivity index (χ0v) is 12.7. The lowest BCUT2D eigenvalue weighted by Gasteiger charge is -2.19. The van der Waals surface area contributed by atoms with E-state index in [1.165, 1.54) is 18.4 Å². The largest absolute Gasteiger partial charge is 0.490 e. The average Bonchev–Trinajstić information content (AvgIpc) is 3.27. The van der Waals surface area contributed by atoms with Gasteiger partial charge in [0.2, 0.25) is 0 Å². The molecule has 2 rings (SSSR count). The smallest absolute Gasteiger partial charge is 0.120 e. The Morgan fingerprint density at radius 3 is 2.90 bits per heavy atom. The summed E-state index contributed by atoms with van der Waals surface area (Å²) in [6.07, 6.45) is 6.19. The van der Waals surface area contributed by atoms with Crippen LogP contribution >= 0.6 is 0 Å². The van der Waals surface area contributed by atoms with Crippen molar-refractivity contribution in [3.05, 3.63) is 29.8 Å². The molecule has 1 aromatic rings. The molecule has 1 aliphatic rings. The molecule has 1 saturated carbocycles. The van der Waals surface area contributed by atoms with Crippen LogP contribution < -0.4 is 10.1 Å². The Hall–Kier alpha value is -1.06. The molecule has 1 unspecified atom stereocenters. The van der Waals surface area contributed by atoms with Crippen LogP contribution in [0, 0.1) is 0 Å². The van der Waals surface area contributed by atoms with Crippen LogP contribution in [0.25, 0.3) is 0 Å². The second-order valence-electron chi connectivity index (χ2n) is 5.53. The molecule has 0 aromatic heterocycles. The number of nitrogens with one attached hydrogen (secondary N) is 1. The number of rotatable bonds is 10. The van der Waals surface area contributed by atoms with Crippen LogP contribution in [-0.2, 0) is 4.74 Å². The van der Waals surface area contributed by atoms with Gasteiger partial charge in [0.1, 0.15) is 5.75 Å². The Labute approximate surface area is 122 Å². The first-order valence-electron chi connectivity index (χ1n) is 7.82. The van der Waals surface area contributed by atoms with E-state index < -0.39 is 0 Å². The van der Waals surface area contributed by atoms with E-state index in [2.05, 4.69) is 36.5 Å². The molecule has 1 aromatic carbocycles. The first kappa shape index (κ1) is 15.3. The summed E-state index contributed by atoms with van der Waals surface area (Å²) in [5.74, 6) is 1.01. The highest BCUT2D eigenvalue weighted by atomic mass is 16.5. The van der Waals surface area contributed by atoms with Crippen molar-refractivity contribution in [3.8, 4) is 5.75 Å². The third kappa shape index (κ3) is 5.14. The molecule has 1 N–H and O–H groups in total. The number of benzene rings is 1. The minimum atomic E-state index is 0.396. The van der Waals surface area contributed by atoms with Crippen LogP contribution in [0.3, 0.4) is 0 Å². The SMILES string of the molecule is CCCNC(CCCOC)c1cccc(OC2CC2)c1. The van der Waals surface area contributed by atoms with Crippen molar-refractivity contribution in [2.75, 3.05) is 20.3 Å². The number of methoxy groups -OCH3 is 1. The Balaban J connectivity index is 1.97. The maximum absolute atomic E-state index is 5.89. The second kappa shape index (κ2) is 8.28. The molecule has 0 bridgehead atoms. The fraction of sp³-hybridized carbons (Fsp3) is 0.647. The van der Waals surface area contributed by atoms with E-state index in [1.54, 1.807) is 7.11 Å². The lowest BCUT2D eigenvalue weighted by Crippen LogP contribution is -2.22. The molecule has 112 valence electrons. The molecule has 1 fully saturated rings. The van der Waals surface area contributed by atoms with Gasteiger partial charge in [0.05, 0.1) is 6.10 Å². The fourth-order valence-electron chi connectivity index (χ4n) is 2.32. The van der Waals surface area contributed by atoms with Crippen LogP contribution in [-0.4, -0.2) is 26.4 Å². The summed E-state index contributed by atoms with van der Waals surface area (Å²) in [5, 5.41) is 3.63. The summed E-state index contributed by atoms with van der Waals surface area (Å²) in [7, 11) is 1.76. The minimum absolute atomic E-state index is 0.396. The monoisotopic (exact) mass is 277 g/mol. The molecule has 0 heterocycles. The maximum Gasteiger partial charge on any atom is 0.120 e. The predicted octanol–water partition coefficient (Wildman–Crippen LogP) is 3.70. The van der Waals surface area contributed by atoms with Crippen molar-refractivity contribution in [3.63, 3.8) is 0 Å². The molecule has 0 spiro atoms. The lowest BCUT2D eigenvalue weighted by atomic mass is 10.0. The molecule has 0 aliphatic heterocycles. The van der Waals surface area contributed by atoms with E-state index in [-0.39, 0.29) is 0 Å². The fourth-order valence-corrected chi connectivity index (χ4v) is 2.32. The van der Waals surface area contributed by atoms with Gasteiger partial charge in [0.15, 0.2) is 0 Å². The quantitative estimate of drug-likeness (QED) is 0.662. The zero-order valence-electron chi connectivity index (χ0n) is 12.7. The van der Waals surface area contributed by atoms with Crippen molar-refractivity contribution in [2.24, 2.45) is 0 Å². The normalized spacial score (nSPS) is 16.1. The van der Waals surface area contributed by atoms with Crippen LogP contribution in [0.15, 0.2) is 24.3 Å². The van der Waals surface area contributed by atoms with Gasteiger partial charge in [-0.25, -0.2) is 0 Å². The number of ether oxygens (including phenoxy) is 2. The van der Waals surface area contributed by atoms with E-state index in [9.17, 15) is 0 Å². The topological polar surface area (TPSA) is 30.5 Å². The predicted molar refractivity (Wildman–Crippen MR) is 82.2 cm³/mol. The molecular formula is C17H27NO2. The van der Waals surface area contributed by atoms with Crippen molar-refractivity contribution < 1.29 is 9.47 Å². The van der Waals surface area contributed by atoms with E-state index >= 15 is 0 Å². The molecule has 1 aliphatic carbocycles. The summed E-state index contributed by atoms with van der Waals surface area (Å²) in [6, 6.07) is 8.95. The van der Waals surface area contributed by atoms with Gasteiger partial charge in [-0.05, 0) is 56.3 Å². The highest BCUT2D eigenvalue weighted by Crippen LogP contribution is 2.29. The summed E-state index contributed by atoms with van der Waals surface area (Å²) < 4.78 is 11.1. The maximum atomic E-state index is 5.89. The third-order valence-corrected chi connectivity index (χ3v) is 3.57. The van der Waals surface area contributed by atoms with Crippen LogP contribution in [0.5, 0.6) is 5.75 Å². The Morgan fingerprint density at radius 1 is 1.35 bits per heavy atom. The molecule has 20 heavy (non-hydrogen) atoms. The molecule has 3 heteroatoms. The van der Waals surface area contributed by atoms with Crippen molar-refractivity contribution in [2.45, 2.75) is 51.2 Å². The van der Waals surface area contributed by atoms with Gasteiger partial charge in [-0.1, -0.05) is 19.1 Å². The average molecular weight is 277 g/mol. The number of hydrogen-bond acceptors (Lipinski definition) is 3. The van der Waals surface area contributed by atoms with Gasteiger partial charge in [-0.2, -0.15) is 0 Å². The molecule has 0 saturated heterocycles. The van der Waals surface area contributed by atoms with Gasteiger partial charge in [0.25, 0.3) is 0 Å². The van der Waals surface area contributed by atoms with Crippen molar-refractivity contribution in [1.29, 1.82) is 0 Å². The minimum Gasteiger partial charge on any atom is -0.490 e. The van der Waals surface area contributed by atoms with Crippen molar-refractivity contribution >= 4 is 0 Å². The summed E-state index contributed by atoms with van der Waals surface area (Å²) >= 11 is 0. The number of hydrogen-bond donors (Lipinski definition) is 1. The molecule has 1 atom stereocenters. The van der Waals surface area contributed by atoms with Crippen LogP contribution in [0.1, 0.15) is 50.6 Å². The second-order valence-corrected chi connectivity index (χ2v) is 5.53. The Bertz CT molecular complexity index is 390. The first-order chi connectivity index (χ1) is 9.83. The first-order valence-corrected chi connectivity index (χ1v) is 7.82. The molecular weight excluding hydrogens is 250 g/mol. The van der Waals surface area contributed by atoms with E-state index in [1.807, 2.05) is 0 Å². The van der Waals surface area contributed by atoms with Crippen LogP contribution in [0.4, 0.5) is 0 Å². The zero-order chi connectivity index (χ0) is 14.2. The highest BCUT2D eigenvalue weighted by molar-refractivity contribution is 5.31. The van der Waals surface area contributed by atoms with Gasteiger partial charge in [-0.3, -0.25) is 0 Å².